The summed E-state index contributed by atoms with van der Waals surface area (Å²) in [5, 5.41) is 1.39. The number of aromatic nitrogens is 2. The number of nitrogens with zero attached hydrogens (tertiary/aromatic N) is 4. The van der Waals surface area contributed by atoms with Crippen molar-refractivity contribution in [2.75, 3.05) is 38.6 Å². The molecule has 2 aromatic rings. The monoisotopic (exact) mass is 304 g/mol. The van der Waals surface area contributed by atoms with Crippen LogP contribution in [-0.2, 0) is 0 Å². The molecule has 3 rings (SSSR count). The van der Waals surface area contributed by atoms with Gasteiger partial charge in [-0.15, -0.1) is 0 Å². The van der Waals surface area contributed by atoms with Gasteiger partial charge in [-0.1, -0.05) is 12.1 Å². The van der Waals surface area contributed by atoms with Crippen LogP contribution in [0.4, 0.5) is 5.82 Å². The molecule has 0 radical (unpaired) electrons. The van der Waals surface area contributed by atoms with Crippen molar-refractivity contribution in [1.82, 2.24) is 14.9 Å². The van der Waals surface area contributed by atoms with Crippen LogP contribution in [0.1, 0.15) is 12.8 Å². The van der Waals surface area contributed by atoms with Gasteiger partial charge in [0.15, 0.2) is 0 Å². The molecule has 112 valence electrons. The summed E-state index contributed by atoms with van der Waals surface area (Å²) in [5.74, 6) is 1.66. The zero-order valence-corrected chi connectivity index (χ0v) is 13.3. The molecule has 0 spiro atoms. The molecule has 1 fully saturated rings. The van der Waals surface area contributed by atoms with Gasteiger partial charge in [0.05, 0.1) is 5.52 Å². The topological polar surface area (TPSA) is 32.3 Å². The van der Waals surface area contributed by atoms with Crippen LogP contribution in [-0.4, -0.2) is 48.6 Å². The first kappa shape index (κ1) is 14.5. The van der Waals surface area contributed by atoms with Gasteiger partial charge in [-0.05, 0) is 62.6 Å². The van der Waals surface area contributed by atoms with E-state index in [1.807, 2.05) is 18.2 Å². The van der Waals surface area contributed by atoms with Gasteiger partial charge in [0.25, 0.3) is 0 Å². The number of fused-ring (bicyclic) bond motifs is 1. The molecule has 0 aliphatic carbocycles. The second-order valence-corrected chi connectivity index (χ2v) is 6.30. The average Bonchev–Trinajstić information content (AvgIpc) is 2.48. The SMILES string of the molecule is CN1CCC(CN(C)c2nc(Cl)nc3ccccc23)CC1. The van der Waals surface area contributed by atoms with E-state index in [4.69, 9.17) is 11.6 Å². The first-order valence-electron chi connectivity index (χ1n) is 7.45. The molecule has 1 aliphatic rings. The number of benzene rings is 1. The van der Waals surface area contributed by atoms with Crippen molar-refractivity contribution < 1.29 is 0 Å². The number of hydrogen-bond donors (Lipinski definition) is 0. The molecule has 5 heteroatoms. The minimum Gasteiger partial charge on any atom is -0.359 e. The van der Waals surface area contributed by atoms with Crippen LogP contribution in [0.15, 0.2) is 24.3 Å². The van der Waals surface area contributed by atoms with E-state index < -0.39 is 0 Å². The lowest BCUT2D eigenvalue weighted by molar-refractivity contribution is 0.222. The van der Waals surface area contributed by atoms with Gasteiger partial charge in [-0.25, -0.2) is 4.98 Å². The van der Waals surface area contributed by atoms with E-state index in [1.165, 1.54) is 25.9 Å². The van der Waals surface area contributed by atoms with Gasteiger partial charge < -0.3 is 9.80 Å². The van der Waals surface area contributed by atoms with E-state index in [2.05, 4.69) is 39.9 Å². The Morgan fingerprint density at radius 2 is 1.95 bits per heavy atom. The molecule has 0 atom stereocenters. The largest absolute Gasteiger partial charge is 0.359 e. The summed E-state index contributed by atoms with van der Waals surface area (Å²) in [6.45, 7) is 3.39. The molecule has 0 bridgehead atoms. The van der Waals surface area contributed by atoms with Crippen molar-refractivity contribution in [2.24, 2.45) is 5.92 Å². The van der Waals surface area contributed by atoms with Crippen LogP contribution in [0.5, 0.6) is 0 Å². The van der Waals surface area contributed by atoms with Crippen molar-refractivity contribution in [3.63, 3.8) is 0 Å². The smallest absolute Gasteiger partial charge is 0.224 e. The Morgan fingerprint density at radius 3 is 2.71 bits per heavy atom. The maximum Gasteiger partial charge on any atom is 0.224 e. The van der Waals surface area contributed by atoms with Gasteiger partial charge >= 0.3 is 0 Å². The predicted octanol–water partition coefficient (Wildman–Crippen LogP) is 3.06. The van der Waals surface area contributed by atoms with E-state index in [9.17, 15) is 0 Å². The normalized spacial score (nSPS) is 17.3. The number of piperidine rings is 1. The Balaban J connectivity index is 1.82. The van der Waals surface area contributed by atoms with Gasteiger partial charge in [-0.3, -0.25) is 0 Å². The molecular formula is C16H21ClN4. The Bertz CT molecular complexity index is 623. The highest BCUT2D eigenvalue weighted by atomic mass is 35.5. The first-order chi connectivity index (χ1) is 10.1. The van der Waals surface area contributed by atoms with Crippen molar-refractivity contribution in [1.29, 1.82) is 0 Å². The van der Waals surface area contributed by atoms with Crippen LogP contribution in [0.3, 0.4) is 0 Å². The summed E-state index contributed by atoms with van der Waals surface area (Å²) in [6, 6.07) is 8.04. The molecular weight excluding hydrogens is 284 g/mol. The lowest BCUT2D eigenvalue weighted by Gasteiger charge is -2.32. The zero-order chi connectivity index (χ0) is 14.8. The molecule has 4 nitrogen and oxygen atoms in total. The summed E-state index contributed by atoms with van der Waals surface area (Å²) in [6.07, 6.45) is 2.50. The lowest BCUT2D eigenvalue weighted by atomic mass is 9.96. The molecule has 0 amide bonds. The number of hydrogen-bond acceptors (Lipinski definition) is 4. The van der Waals surface area contributed by atoms with Crippen LogP contribution in [0.2, 0.25) is 5.28 Å². The summed E-state index contributed by atoms with van der Waals surface area (Å²) >= 11 is 6.07. The first-order valence-corrected chi connectivity index (χ1v) is 7.83. The van der Waals surface area contributed by atoms with Crippen molar-refractivity contribution >= 4 is 28.3 Å². The van der Waals surface area contributed by atoms with Crippen molar-refractivity contribution in [2.45, 2.75) is 12.8 Å². The fourth-order valence-electron chi connectivity index (χ4n) is 3.04. The van der Waals surface area contributed by atoms with Crippen LogP contribution < -0.4 is 4.90 Å². The van der Waals surface area contributed by atoms with Gasteiger partial charge in [0.1, 0.15) is 5.82 Å². The Kier molecular flexibility index (Phi) is 4.27. The third-order valence-corrected chi connectivity index (χ3v) is 4.46. The molecule has 21 heavy (non-hydrogen) atoms. The molecule has 1 aliphatic heterocycles. The van der Waals surface area contributed by atoms with Crippen LogP contribution in [0.25, 0.3) is 10.9 Å². The van der Waals surface area contributed by atoms with E-state index in [-0.39, 0.29) is 0 Å². The highest BCUT2D eigenvalue weighted by molar-refractivity contribution is 6.28. The van der Waals surface area contributed by atoms with Crippen molar-refractivity contribution in [3.8, 4) is 0 Å². The Hall–Kier alpha value is -1.39. The average molecular weight is 305 g/mol. The number of para-hydroxylation sites is 1. The highest BCUT2D eigenvalue weighted by Gasteiger charge is 2.20. The number of halogens is 1. The molecule has 1 saturated heterocycles. The second-order valence-electron chi connectivity index (χ2n) is 5.96. The molecule has 0 unspecified atom stereocenters. The summed E-state index contributed by atoms with van der Waals surface area (Å²) in [5.41, 5.74) is 0.905. The van der Waals surface area contributed by atoms with E-state index >= 15 is 0 Å². The third-order valence-electron chi connectivity index (χ3n) is 4.29. The fourth-order valence-corrected chi connectivity index (χ4v) is 3.21. The standard InChI is InChI=1S/C16H21ClN4/c1-20-9-7-12(8-10-20)11-21(2)15-13-5-3-4-6-14(13)18-16(17)19-15/h3-6,12H,7-11H2,1-2H3. The maximum absolute atomic E-state index is 6.07. The second kappa shape index (κ2) is 6.16. The molecule has 0 saturated carbocycles. The molecule has 1 aromatic heterocycles. The maximum atomic E-state index is 6.07. The zero-order valence-electron chi connectivity index (χ0n) is 12.6. The predicted molar refractivity (Wildman–Crippen MR) is 88.0 cm³/mol. The third kappa shape index (κ3) is 3.27. The minimum absolute atomic E-state index is 0.318. The lowest BCUT2D eigenvalue weighted by Crippen LogP contribution is -2.36. The van der Waals surface area contributed by atoms with Crippen molar-refractivity contribution in [3.05, 3.63) is 29.5 Å². The quantitative estimate of drug-likeness (QED) is 0.816. The van der Waals surface area contributed by atoms with Crippen LogP contribution in [0, 0.1) is 5.92 Å². The number of rotatable bonds is 3. The fraction of sp³-hybridized carbons (Fsp3) is 0.500. The van der Waals surface area contributed by atoms with Gasteiger partial charge in [-0.2, -0.15) is 4.98 Å². The highest BCUT2D eigenvalue weighted by Crippen LogP contribution is 2.26. The minimum atomic E-state index is 0.318. The Labute approximate surface area is 130 Å². The van der Waals surface area contributed by atoms with E-state index in [0.29, 0.717) is 5.28 Å². The van der Waals surface area contributed by atoms with Gasteiger partial charge in [0, 0.05) is 19.0 Å². The van der Waals surface area contributed by atoms with E-state index in [1.54, 1.807) is 0 Å². The number of likely N-dealkylation sites (tertiary alicyclic amines) is 1. The summed E-state index contributed by atoms with van der Waals surface area (Å²) < 4.78 is 0. The number of anilines is 1. The Morgan fingerprint density at radius 1 is 1.24 bits per heavy atom. The molecule has 2 heterocycles. The van der Waals surface area contributed by atoms with Crippen LogP contribution >= 0.6 is 11.6 Å². The molecule has 1 aromatic carbocycles. The van der Waals surface area contributed by atoms with Gasteiger partial charge in [0.2, 0.25) is 5.28 Å². The molecule has 0 N–H and O–H groups in total. The van der Waals surface area contributed by atoms with E-state index in [0.717, 1.165) is 29.2 Å². The summed E-state index contributed by atoms with van der Waals surface area (Å²) in [7, 11) is 4.29. The summed E-state index contributed by atoms with van der Waals surface area (Å²) in [4.78, 5) is 13.4.